The number of aryl methyl sites for hydroxylation is 1. The maximum atomic E-state index is 11.7. The smallest absolute Gasteiger partial charge is 0.228 e. The molecule has 2 aromatic rings. The summed E-state index contributed by atoms with van der Waals surface area (Å²) in [6.45, 7) is 2.65. The highest BCUT2D eigenvalue weighted by Gasteiger charge is 2.30. The Hall–Kier alpha value is -1.81. The Labute approximate surface area is 122 Å². The number of hydrogen-bond donors (Lipinski definition) is 1. The molecule has 1 amide bonds. The molecule has 1 aliphatic carbocycles. The van der Waals surface area contributed by atoms with Crippen molar-refractivity contribution in [1.82, 2.24) is 9.78 Å². The van der Waals surface area contributed by atoms with E-state index >= 15 is 0 Å². The summed E-state index contributed by atoms with van der Waals surface area (Å²) in [5, 5.41) is 8.02. The third kappa shape index (κ3) is 3.02. The van der Waals surface area contributed by atoms with Crippen molar-refractivity contribution in [2.24, 2.45) is 5.92 Å². The lowest BCUT2D eigenvalue weighted by molar-refractivity contribution is -0.117. The van der Waals surface area contributed by atoms with Crippen molar-refractivity contribution in [2.75, 3.05) is 5.32 Å². The zero-order valence-electron chi connectivity index (χ0n) is 11.3. The minimum Gasteiger partial charge on any atom is -0.309 e. The van der Waals surface area contributed by atoms with E-state index in [-0.39, 0.29) is 11.8 Å². The molecule has 1 aromatic heterocycles. The number of halogens is 1. The van der Waals surface area contributed by atoms with Crippen molar-refractivity contribution >= 4 is 23.3 Å². The third-order valence-corrected chi connectivity index (χ3v) is 3.68. The van der Waals surface area contributed by atoms with Gasteiger partial charge in [0.2, 0.25) is 5.91 Å². The summed E-state index contributed by atoms with van der Waals surface area (Å²) in [4.78, 5) is 11.7. The standard InChI is InChI=1S/C15H16ClN3O/c1-10-8-14(17-15(20)12-4-5-12)18-19(10)9-11-2-6-13(16)7-3-11/h2-3,6-8,12H,4-5,9H2,1H3,(H,17,18,20). The molecule has 1 saturated carbocycles. The Balaban J connectivity index is 1.71. The summed E-state index contributed by atoms with van der Waals surface area (Å²) < 4.78 is 1.88. The van der Waals surface area contributed by atoms with Gasteiger partial charge in [-0.3, -0.25) is 9.48 Å². The summed E-state index contributed by atoms with van der Waals surface area (Å²) in [7, 11) is 0. The van der Waals surface area contributed by atoms with Gasteiger partial charge in [0.15, 0.2) is 5.82 Å². The van der Waals surface area contributed by atoms with Crippen LogP contribution >= 0.6 is 11.6 Å². The summed E-state index contributed by atoms with van der Waals surface area (Å²) in [6.07, 6.45) is 1.99. The number of benzene rings is 1. The quantitative estimate of drug-likeness (QED) is 0.939. The third-order valence-electron chi connectivity index (χ3n) is 3.43. The zero-order chi connectivity index (χ0) is 14.1. The van der Waals surface area contributed by atoms with E-state index in [2.05, 4.69) is 10.4 Å². The Bertz CT molecular complexity index is 629. The normalized spacial score (nSPS) is 14.3. The van der Waals surface area contributed by atoms with E-state index < -0.39 is 0 Å². The fourth-order valence-electron chi connectivity index (χ4n) is 2.07. The number of anilines is 1. The number of nitrogens with zero attached hydrogens (tertiary/aromatic N) is 2. The molecule has 1 fully saturated rings. The maximum Gasteiger partial charge on any atom is 0.228 e. The van der Waals surface area contributed by atoms with E-state index in [1.54, 1.807) is 0 Å². The van der Waals surface area contributed by atoms with Crippen LogP contribution in [0.15, 0.2) is 30.3 Å². The van der Waals surface area contributed by atoms with E-state index in [1.807, 2.05) is 41.9 Å². The van der Waals surface area contributed by atoms with Gasteiger partial charge in [-0.25, -0.2) is 0 Å². The van der Waals surface area contributed by atoms with Gasteiger partial charge in [0.25, 0.3) is 0 Å². The predicted molar refractivity (Wildman–Crippen MR) is 78.9 cm³/mol. The zero-order valence-corrected chi connectivity index (χ0v) is 12.0. The van der Waals surface area contributed by atoms with Crippen molar-refractivity contribution in [3.8, 4) is 0 Å². The van der Waals surface area contributed by atoms with Gasteiger partial charge in [0, 0.05) is 22.7 Å². The van der Waals surface area contributed by atoms with E-state index in [9.17, 15) is 4.79 Å². The van der Waals surface area contributed by atoms with Gasteiger partial charge in [0.1, 0.15) is 0 Å². The molecule has 1 heterocycles. The molecule has 4 nitrogen and oxygen atoms in total. The van der Waals surface area contributed by atoms with Crippen LogP contribution in [0.5, 0.6) is 0 Å². The first-order valence-corrected chi connectivity index (χ1v) is 7.09. The highest BCUT2D eigenvalue weighted by Crippen LogP contribution is 2.30. The summed E-state index contributed by atoms with van der Waals surface area (Å²) in [5.74, 6) is 0.909. The van der Waals surface area contributed by atoms with Crippen molar-refractivity contribution in [1.29, 1.82) is 0 Å². The van der Waals surface area contributed by atoms with Crippen LogP contribution in [-0.2, 0) is 11.3 Å². The molecule has 1 aliphatic rings. The summed E-state index contributed by atoms with van der Waals surface area (Å²) in [5.41, 5.74) is 2.15. The second-order valence-electron chi connectivity index (χ2n) is 5.22. The molecular formula is C15H16ClN3O. The monoisotopic (exact) mass is 289 g/mol. The molecule has 20 heavy (non-hydrogen) atoms. The van der Waals surface area contributed by atoms with E-state index in [0.717, 1.165) is 29.1 Å². The molecule has 0 radical (unpaired) electrons. The SMILES string of the molecule is Cc1cc(NC(=O)C2CC2)nn1Cc1ccc(Cl)cc1. The Kier molecular flexibility index (Phi) is 3.49. The van der Waals surface area contributed by atoms with Crippen LogP contribution in [-0.4, -0.2) is 15.7 Å². The lowest BCUT2D eigenvalue weighted by atomic mass is 10.2. The van der Waals surface area contributed by atoms with Crippen molar-refractivity contribution in [2.45, 2.75) is 26.3 Å². The van der Waals surface area contributed by atoms with Crippen molar-refractivity contribution in [3.63, 3.8) is 0 Å². The number of amides is 1. The molecule has 0 spiro atoms. The predicted octanol–water partition coefficient (Wildman–Crippen LogP) is 3.24. The molecule has 104 valence electrons. The molecule has 0 saturated heterocycles. The first-order chi connectivity index (χ1) is 9.61. The van der Waals surface area contributed by atoms with Crippen LogP contribution in [0, 0.1) is 12.8 Å². The number of carbonyl (C=O) groups excluding carboxylic acids is 1. The average molecular weight is 290 g/mol. The summed E-state index contributed by atoms with van der Waals surface area (Å²) >= 11 is 5.87. The van der Waals surface area contributed by atoms with Gasteiger partial charge in [-0.15, -0.1) is 0 Å². The Morgan fingerprint density at radius 2 is 2.10 bits per heavy atom. The van der Waals surface area contributed by atoms with Gasteiger partial charge in [-0.05, 0) is 37.5 Å². The highest BCUT2D eigenvalue weighted by molar-refractivity contribution is 6.30. The van der Waals surface area contributed by atoms with E-state index in [0.29, 0.717) is 12.4 Å². The lowest BCUT2D eigenvalue weighted by Crippen LogP contribution is -2.14. The van der Waals surface area contributed by atoms with Crippen LogP contribution in [0.1, 0.15) is 24.1 Å². The molecule has 0 atom stereocenters. The number of rotatable bonds is 4. The molecule has 1 aromatic carbocycles. The van der Waals surface area contributed by atoms with Crippen molar-refractivity contribution in [3.05, 3.63) is 46.6 Å². The van der Waals surface area contributed by atoms with Crippen LogP contribution < -0.4 is 5.32 Å². The number of nitrogens with one attached hydrogen (secondary N) is 1. The van der Waals surface area contributed by atoms with Crippen LogP contribution in [0.2, 0.25) is 5.02 Å². The Morgan fingerprint density at radius 3 is 2.75 bits per heavy atom. The van der Waals surface area contributed by atoms with Crippen molar-refractivity contribution < 1.29 is 4.79 Å². The maximum absolute atomic E-state index is 11.7. The molecule has 5 heteroatoms. The fourth-order valence-corrected chi connectivity index (χ4v) is 2.19. The molecule has 1 N–H and O–H groups in total. The second kappa shape index (κ2) is 5.29. The van der Waals surface area contributed by atoms with Gasteiger partial charge >= 0.3 is 0 Å². The highest BCUT2D eigenvalue weighted by atomic mass is 35.5. The Morgan fingerprint density at radius 1 is 1.40 bits per heavy atom. The second-order valence-corrected chi connectivity index (χ2v) is 5.66. The summed E-state index contributed by atoms with van der Waals surface area (Å²) in [6, 6.07) is 9.59. The molecular weight excluding hydrogens is 274 g/mol. The molecule has 0 aliphatic heterocycles. The van der Waals surface area contributed by atoms with Gasteiger partial charge in [0.05, 0.1) is 6.54 Å². The van der Waals surface area contributed by atoms with E-state index in [4.69, 9.17) is 11.6 Å². The molecule has 0 bridgehead atoms. The van der Waals surface area contributed by atoms with Crippen LogP contribution in [0.3, 0.4) is 0 Å². The minimum absolute atomic E-state index is 0.0844. The first kappa shape index (κ1) is 13.2. The topological polar surface area (TPSA) is 46.9 Å². The molecule has 3 rings (SSSR count). The van der Waals surface area contributed by atoms with E-state index in [1.165, 1.54) is 0 Å². The first-order valence-electron chi connectivity index (χ1n) is 6.71. The largest absolute Gasteiger partial charge is 0.309 e. The molecule has 0 unspecified atom stereocenters. The van der Waals surface area contributed by atoms with Crippen LogP contribution in [0.25, 0.3) is 0 Å². The minimum atomic E-state index is 0.0844. The number of carbonyl (C=O) groups is 1. The lowest BCUT2D eigenvalue weighted by Gasteiger charge is -2.04. The number of hydrogen-bond acceptors (Lipinski definition) is 2. The average Bonchev–Trinajstić information content (AvgIpc) is 3.20. The number of aromatic nitrogens is 2. The van der Waals surface area contributed by atoms with Gasteiger partial charge < -0.3 is 5.32 Å². The fraction of sp³-hybridized carbons (Fsp3) is 0.333. The van der Waals surface area contributed by atoms with Crippen LogP contribution in [0.4, 0.5) is 5.82 Å². The van der Waals surface area contributed by atoms with Gasteiger partial charge in [-0.1, -0.05) is 23.7 Å². The van der Waals surface area contributed by atoms with Gasteiger partial charge in [-0.2, -0.15) is 5.10 Å².